The van der Waals surface area contributed by atoms with E-state index >= 15 is 0 Å². The van der Waals surface area contributed by atoms with Crippen molar-refractivity contribution in [1.29, 1.82) is 0 Å². The Morgan fingerprint density at radius 1 is 0.950 bits per heavy atom. The highest BCUT2D eigenvalue weighted by Crippen LogP contribution is 2.22. The summed E-state index contributed by atoms with van der Waals surface area (Å²) in [5.74, 6) is 0. The molecule has 100 valence electrons. The first-order valence-electron chi connectivity index (χ1n) is 6.49. The lowest BCUT2D eigenvalue weighted by Crippen LogP contribution is -2.21. The van der Waals surface area contributed by atoms with Crippen LogP contribution in [0.1, 0.15) is 22.0 Å². The van der Waals surface area contributed by atoms with Gasteiger partial charge in [0, 0.05) is 30.0 Å². The third kappa shape index (κ3) is 3.10. The van der Waals surface area contributed by atoms with Gasteiger partial charge < -0.3 is 5.32 Å². The topological polar surface area (TPSA) is 37.8 Å². The van der Waals surface area contributed by atoms with Crippen LogP contribution in [0.3, 0.4) is 0 Å². The van der Waals surface area contributed by atoms with E-state index in [1.807, 2.05) is 30.2 Å². The van der Waals surface area contributed by atoms with Crippen molar-refractivity contribution >= 4 is 11.3 Å². The minimum atomic E-state index is 0.168. The molecule has 4 heteroatoms. The van der Waals surface area contributed by atoms with Gasteiger partial charge in [-0.15, -0.1) is 11.3 Å². The molecule has 3 aromatic rings. The van der Waals surface area contributed by atoms with E-state index in [1.54, 1.807) is 11.3 Å². The van der Waals surface area contributed by atoms with Gasteiger partial charge in [-0.25, -0.2) is 0 Å². The second-order valence-electron chi connectivity index (χ2n) is 4.47. The fourth-order valence-electron chi connectivity index (χ4n) is 2.16. The minimum absolute atomic E-state index is 0.168. The Labute approximate surface area is 122 Å². The van der Waals surface area contributed by atoms with E-state index in [0.29, 0.717) is 0 Å². The zero-order valence-corrected chi connectivity index (χ0v) is 11.8. The highest BCUT2D eigenvalue weighted by molar-refractivity contribution is 7.09. The smallest absolute Gasteiger partial charge is 0.0794 e. The second kappa shape index (κ2) is 6.41. The number of benzene rings is 1. The van der Waals surface area contributed by atoms with Crippen LogP contribution in [0.5, 0.6) is 0 Å². The molecule has 0 spiro atoms. The van der Waals surface area contributed by atoms with Crippen LogP contribution in [0.25, 0.3) is 0 Å². The van der Waals surface area contributed by atoms with Gasteiger partial charge in [-0.05, 0) is 23.3 Å². The molecule has 0 aliphatic rings. The van der Waals surface area contributed by atoms with E-state index in [-0.39, 0.29) is 6.04 Å². The van der Waals surface area contributed by atoms with Crippen LogP contribution >= 0.6 is 11.3 Å². The van der Waals surface area contributed by atoms with Gasteiger partial charge in [0.15, 0.2) is 0 Å². The van der Waals surface area contributed by atoms with Gasteiger partial charge >= 0.3 is 0 Å². The lowest BCUT2D eigenvalue weighted by atomic mass is 10.00. The molecule has 1 aromatic carbocycles. The van der Waals surface area contributed by atoms with Crippen LogP contribution < -0.4 is 5.32 Å². The number of hydrogen-bond acceptors (Lipinski definition) is 4. The summed E-state index contributed by atoms with van der Waals surface area (Å²) >= 11 is 1.67. The molecular weight excluding hydrogens is 266 g/mol. The molecule has 20 heavy (non-hydrogen) atoms. The van der Waals surface area contributed by atoms with Gasteiger partial charge in [-0.3, -0.25) is 9.97 Å². The molecule has 0 radical (unpaired) electrons. The monoisotopic (exact) mass is 281 g/mol. The average Bonchev–Trinajstić information content (AvgIpc) is 3.03. The van der Waals surface area contributed by atoms with E-state index in [9.17, 15) is 0 Å². The standard InChI is InChI=1S/C16H15N3S/c1-2-4-13(5-3-1)16(14-6-8-17-9-7-14)19-11-15-10-18-12-20-15/h1-10,12,16,19H,11H2. The zero-order chi connectivity index (χ0) is 13.6. The summed E-state index contributed by atoms with van der Waals surface area (Å²) in [6.45, 7) is 0.812. The number of thiazole rings is 1. The Balaban J connectivity index is 1.84. The number of hydrogen-bond donors (Lipinski definition) is 1. The van der Waals surface area contributed by atoms with Gasteiger partial charge in [0.1, 0.15) is 0 Å². The van der Waals surface area contributed by atoms with E-state index < -0.39 is 0 Å². The molecular formula is C16H15N3S. The second-order valence-corrected chi connectivity index (χ2v) is 5.44. The Morgan fingerprint density at radius 3 is 2.40 bits per heavy atom. The molecule has 3 rings (SSSR count). The van der Waals surface area contributed by atoms with Crippen LogP contribution in [0.4, 0.5) is 0 Å². The fraction of sp³-hybridized carbons (Fsp3) is 0.125. The maximum atomic E-state index is 4.11. The number of aromatic nitrogens is 2. The largest absolute Gasteiger partial charge is 0.301 e. The van der Waals surface area contributed by atoms with Crippen molar-refractivity contribution in [2.75, 3.05) is 0 Å². The van der Waals surface area contributed by atoms with E-state index in [0.717, 1.165) is 6.54 Å². The highest BCUT2D eigenvalue weighted by atomic mass is 32.1. The molecule has 3 nitrogen and oxygen atoms in total. The molecule has 0 saturated carbocycles. The van der Waals surface area contributed by atoms with Crippen molar-refractivity contribution in [2.24, 2.45) is 0 Å². The summed E-state index contributed by atoms with van der Waals surface area (Å²) in [5.41, 5.74) is 4.33. The molecule has 0 bridgehead atoms. The van der Waals surface area contributed by atoms with Gasteiger partial charge in [0.25, 0.3) is 0 Å². The Morgan fingerprint density at radius 2 is 1.70 bits per heavy atom. The fourth-order valence-corrected chi connectivity index (χ4v) is 2.71. The van der Waals surface area contributed by atoms with Gasteiger partial charge in [-0.2, -0.15) is 0 Å². The summed E-state index contributed by atoms with van der Waals surface area (Å²) in [6, 6.07) is 14.7. The van der Waals surface area contributed by atoms with E-state index in [1.165, 1.54) is 16.0 Å². The van der Waals surface area contributed by atoms with Gasteiger partial charge in [-0.1, -0.05) is 30.3 Å². The maximum absolute atomic E-state index is 4.11. The normalized spacial score (nSPS) is 12.2. The lowest BCUT2D eigenvalue weighted by Gasteiger charge is -2.19. The van der Waals surface area contributed by atoms with Crippen molar-refractivity contribution in [3.8, 4) is 0 Å². The number of nitrogens with one attached hydrogen (secondary N) is 1. The number of nitrogens with zero attached hydrogens (tertiary/aromatic N) is 2. The van der Waals surface area contributed by atoms with Crippen LogP contribution in [0.15, 0.2) is 66.6 Å². The lowest BCUT2D eigenvalue weighted by molar-refractivity contribution is 0.609. The van der Waals surface area contributed by atoms with Crippen LogP contribution in [-0.4, -0.2) is 9.97 Å². The molecule has 0 aliphatic heterocycles. The third-order valence-electron chi connectivity index (χ3n) is 3.14. The number of rotatable bonds is 5. The van der Waals surface area contributed by atoms with Crippen LogP contribution in [0.2, 0.25) is 0 Å². The quantitative estimate of drug-likeness (QED) is 0.778. The predicted molar refractivity (Wildman–Crippen MR) is 81.5 cm³/mol. The van der Waals surface area contributed by atoms with Crippen molar-refractivity contribution < 1.29 is 0 Å². The molecule has 1 atom stereocenters. The first-order valence-corrected chi connectivity index (χ1v) is 7.37. The average molecular weight is 281 g/mol. The molecule has 2 heterocycles. The molecule has 0 amide bonds. The van der Waals surface area contributed by atoms with Gasteiger partial charge in [0.2, 0.25) is 0 Å². The molecule has 1 N–H and O–H groups in total. The minimum Gasteiger partial charge on any atom is -0.301 e. The van der Waals surface area contributed by atoms with Gasteiger partial charge in [0.05, 0.1) is 11.6 Å². The molecule has 0 saturated heterocycles. The Kier molecular flexibility index (Phi) is 4.16. The zero-order valence-electron chi connectivity index (χ0n) is 10.9. The van der Waals surface area contributed by atoms with Crippen molar-refractivity contribution in [1.82, 2.24) is 15.3 Å². The van der Waals surface area contributed by atoms with Crippen LogP contribution in [-0.2, 0) is 6.54 Å². The summed E-state index contributed by atoms with van der Waals surface area (Å²) in [4.78, 5) is 9.45. The first-order chi connectivity index (χ1) is 9.93. The summed E-state index contributed by atoms with van der Waals surface area (Å²) in [5, 5.41) is 3.60. The SMILES string of the molecule is c1ccc(C(NCc2cncs2)c2ccncc2)cc1. The molecule has 0 fully saturated rings. The summed E-state index contributed by atoms with van der Waals surface area (Å²) < 4.78 is 0. The summed E-state index contributed by atoms with van der Waals surface area (Å²) in [6.07, 6.45) is 5.57. The summed E-state index contributed by atoms with van der Waals surface area (Å²) in [7, 11) is 0. The third-order valence-corrected chi connectivity index (χ3v) is 3.92. The van der Waals surface area contributed by atoms with E-state index in [2.05, 4.69) is 51.7 Å². The predicted octanol–water partition coefficient (Wildman–Crippen LogP) is 3.42. The Hall–Kier alpha value is -2.04. The van der Waals surface area contributed by atoms with Crippen molar-refractivity contribution in [3.63, 3.8) is 0 Å². The molecule has 1 unspecified atom stereocenters. The molecule has 2 aromatic heterocycles. The number of pyridine rings is 1. The van der Waals surface area contributed by atoms with E-state index in [4.69, 9.17) is 0 Å². The van der Waals surface area contributed by atoms with Crippen LogP contribution in [0, 0.1) is 0 Å². The molecule has 0 aliphatic carbocycles. The Bertz CT molecular complexity index is 584. The van der Waals surface area contributed by atoms with Crippen molar-refractivity contribution in [3.05, 3.63) is 82.6 Å². The maximum Gasteiger partial charge on any atom is 0.0794 e. The highest BCUT2D eigenvalue weighted by Gasteiger charge is 2.13. The van der Waals surface area contributed by atoms with Crippen molar-refractivity contribution in [2.45, 2.75) is 12.6 Å². The first kappa shape index (κ1) is 13.0.